The van der Waals surface area contributed by atoms with Crippen LogP contribution in [0.4, 0.5) is 0 Å². The van der Waals surface area contributed by atoms with Crippen molar-refractivity contribution in [3.05, 3.63) is 0 Å². The largest absolute Gasteiger partial charge is 0.330 e. The first kappa shape index (κ1) is 13.3. The lowest BCUT2D eigenvalue weighted by molar-refractivity contribution is 0.196. The van der Waals surface area contributed by atoms with Crippen molar-refractivity contribution in [1.82, 2.24) is 9.80 Å². The zero-order valence-corrected chi connectivity index (χ0v) is 11.4. The third kappa shape index (κ3) is 3.67. The molecule has 0 aromatic carbocycles. The van der Waals surface area contributed by atoms with Crippen molar-refractivity contribution in [2.24, 2.45) is 11.7 Å². The molecule has 17 heavy (non-hydrogen) atoms. The van der Waals surface area contributed by atoms with E-state index in [1.54, 1.807) is 0 Å². The quantitative estimate of drug-likeness (QED) is 0.790. The van der Waals surface area contributed by atoms with Gasteiger partial charge < -0.3 is 10.6 Å². The molecule has 0 bridgehead atoms. The maximum absolute atomic E-state index is 5.88. The third-order valence-corrected chi connectivity index (χ3v) is 4.43. The van der Waals surface area contributed by atoms with Crippen LogP contribution in [0.15, 0.2) is 0 Å². The summed E-state index contributed by atoms with van der Waals surface area (Å²) in [6.07, 6.45) is 6.73. The maximum Gasteiger partial charge on any atom is 0.0223 e. The smallest absolute Gasteiger partial charge is 0.0223 e. The Morgan fingerprint density at radius 3 is 2.82 bits per heavy atom. The molecule has 2 rings (SSSR count). The molecular weight excluding hydrogens is 210 g/mol. The molecule has 2 aliphatic rings. The summed E-state index contributed by atoms with van der Waals surface area (Å²) in [5.41, 5.74) is 5.88. The second kappa shape index (κ2) is 6.72. The molecule has 2 atom stereocenters. The molecule has 2 heterocycles. The summed E-state index contributed by atoms with van der Waals surface area (Å²) < 4.78 is 0. The molecule has 2 unspecified atom stereocenters. The zero-order valence-electron chi connectivity index (χ0n) is 11.4. The first-order valence-corrected chi connectivity index (χ1v) is 7.50. The van der Waals surface area contributed by atoms with E-state index in [-0.39, 0.29) is 0 Å². The lowest BCUT2D eigenvalue weighted by Gasteiger charge is -2.28. The Bertz CT molecular complexity index is 220. The Labute approximate surface area is 106 Å². The lowest BCUT2D eigenvalue weighted by Crippen LogP contribution is -2.39. The van der Waals surface area contributed by atoms with Crippen LogP contribution < -0.4 is 5.73 Å². The summed E-state index contributed by atoms with van der Waals surface area (Å²) in [6.45, 7) is 9.60. The van der Waals surface area contributed by atoms with Crippen molar-refractivity contribution in [3.8, 4) is 0 Å². The molecule has 0 spiro atoms. The molecule has 100 valence electrons. The van der Waals surface area contributed by atoms with Gasteiger partial charge in [0.15, 0.2) is 0 Å². The zero-order chi connectivity index (χ0) is 12.1. The fraction of sp³-hybridized carbons (Fsp3) is 1.00. The van der Waals surface area contributed by atoms with E-state index in [2.05, 4.69) is 16.7 Å². The molecule has 2 aliphatic heterocycles. The monoisotopic (exact) mass is 239 g/mol. The summed E-state index contributed by atoms with van der Waals surface area (Å²) in [4.78, 5) is 5.39. The lowest BCUT2D eigenvalue weighted by atomic mass is 10.0. The van der Waals surface area contributed by atoms with Gasteiger partial charge in [0.05, 0.1) is 0 Å². The van der Waals surface area contributed by atoms with Crippen LogP contribution in [0, 0.1) is 5.92 Å². The molecule has 2 saturated heterocycles. The molecule has 0 aliphatic carbocycles. The van der Waals surface area contributed by atoms with Gasteiger partial charge in [-0.3, -0.25) is 4.90 Å². The molecule has 0 radical (unpaired) electrons. The summed E-state index contributed by atoms with van der Waals surface area (Å²) in [7, 11) is 0. The van der Waals surface area contributed by atoms with Gasteiger partial charge in [-0.25, -0.2) is 0 Å². The molecule has 0 saturated carbocycles. The number of rotatable bonds is 5. The van der Waals surface area contributed by atoms with Gasteiger partial charge in [-0.05, 0) is 57.8 Å². The minimum atomic E-state index is 0.716. The van der Waals surface area contributed by atoms with Gasteiger partial charge in [-0.2, -0.15) is 0 Å². The van der Waals surface area contributed by atoms with Gasteiger partial charge in [0.25, 0.3) is 0 Å². The fourth-order valence-electron chi connectivity index (χ4n) is 3.51. The van der Waals surface area contributed by atoms with Crippen LogP contribution in [0.2, 0.25) is 0 Å². The van der Waals surface area contributed by atoms with Crippen molar-refractivity contribution >= 4 is 0 Å². The highest BCUT2D eigenvalue weighted by molar-refractivity contribution is 4.85. The first-order chi connectivity index (χ1) is 8.33. The summed E-state index contributed by atoms with van der Waals surface area (Å²) in [6, 6.07) is 0.845. The van der Waals surface area contributed by atoms with Gasteiger partial charge in [0.1, 0.15) is 0 Å². The van der Waals surface area contributed by atoms with Crippen molar-refractivity contribution in [3.63, 3.8) is 0 Å². The third-order valence-electron chi connectivity index (χ3n) is 4.43. The van der Waals surface area contributed by atoms with Crippen LogP contribution in [-0.2, 0) is 0 Å². The molecule has 0 amide bonds. The van der Waals surface area contributed by atoms with Gasteiger partial charge in [0.2, 0.25) is 0 Å². The van der Waals surface area contributed by atoms with E-state index in [4.69, 9.17) is 5.73 Å². The van der Waals surface area contributed by atoms with Crippen molar-refractivity contribution in [2.75, 3.05) is 39.3 Å². The normalized spacial score (nSPS) is 28.9. The molecule has 0 aromatic rings. The van der Waals surface area contributed by atoms with Crippen LogP contribution in [0.25, 0.3) is 0 Å². The van der Waals surface area contributed by atoms with Gasteiger partial charge in [0, 0.05) is 19.1 Å². The molecule has 3 heteroatoms. The Morgan fingerprint density at radius 1 is 1.24 bits per heavy atom. The summed E-state index contributed by atoms with van der Waals surface area (Å²) in [5.74, 6) is 0.716. The Morgan fingerprint density at radius 2 is 2.06 bits per heavy atom. The van der Waals surface area contributed by atoms with E-state index in [1.165, 1.54) is 64.8 Å². The van der Waals surface area contributed by atoms with Gasteiger partial charge in [-0.1, -0.05) is 13.3 Å². The molecular formula is C14H29N3. The maximum atomic E-state index is 5.88. The van der Waals surface area contributed by atoms with E-state index < -0.39 is 0 Å². The van der Waals surface area contributed by atoms with Crippen molar-refractivity contribution < 1.29 is 0 Å². The number of nitrogens with zero attached hydrogens (tertiary/aromatic N) is 2. The number of hydrogen-bond donors (Lipinski definition) is 1. The minimum Gasteiger partial charge on any atom is -0.330 e. The van der Waals surface area contributed by atoms with Crippen molar-refractivity contribution in [1.29, 1.82) is 0 Å². The van der Waals surface area contributed by atoms with Crippen LogP contribution in [-0.4, -0.2) is 55.1 Å². The van der Waals surface area contributed by atoms with Crippen LogP contribution in [0.5, 0.6) is 0 Å². The van der Waals surface area contributed by atoms with Gasteiger partial charge >= 0.3 is 0 Å². The second-order valence-corrected chi connectivity index (χ2v) is 5.84. The Balaban J connectivity index is 1.83. The highest BCUT2D eigenvalue weighted by Gasteiger charge is 2.29. The highest BCUT2D eigenvalue weighted by atomic mass is 15.3. The standard InChI is InChI=1S/C14H29N3/c1-2-5-13(10-15)11-16-7-4-9-17-8-3-6-14(17)12-16/h13-14H,2-12,15H2,1H3. The average Bonchev–Trinajstić information content (AvgIpc) is 2.68. The topological polar surface area (TPSA) is 32.5 Å². The minimum absolute atomic E-state index is 0.716. The fourth-order valence-corrected chi connectivity index (χ4v) is 3.51. The molecule has 0 aromatic heterocycles. The number of nitrogens with two attached hydrogens (primary N) is 1. The van der Waals surface area contributed by atoms with E-state index >= 15 is 0 Å². The highest BCUT2D eigenvalue weighted by Crippen LogP contribution is 2.22. The average molecular weight is 239 g/mol. The van der Waals surface area contributed by atoms with Crippen LogP contribution in [0.3, 0.4) is 0 Å². The molecule has 2 fully saturated rings. The molecule has 2 N–H and O–H groups in total. The van der Waals surface area contributed by atoms with E-state index in [9.17, 15) is 0 Å². The van der Waals surface area contributed by atoms with Gasteiger partial charge in [-0.15, -0.1) is 0 Å². The first-order valence-electron chi connectivity index (χ1n) is 7.50. The summed E-state index contributed by atoms with van der Waals surface area (Å²) >= 11 is 0. The molecule has 3 nitrogen and oxygen atoms in total. The Hall–Kier alpha value is -0.120. The van der Waals surface area contributed by atoms with Crippen molar-refractivity contribution in [2.45, 2.75) is 45.1 Å². The van der Waals surface area contributed by atoms with Crippen LogP contribution in [0.1, 0.15) is 39.0 Å². The predicted molar refractivity (Wildman–Crippen MR) is 73.1 cm³/mol. The number of hydrogen-bond acceptors (Lipinski definition) is 3. The van der Waals surface area contributed by atoms with Crippen LogP contribution >= 0.6 is 0 Å². The SMILES string of the molecule is CCCC(CN)CN1CCCN2CCCC2C1. The number of fused-ring (bicyclic) bond motifs is 1. The summed E-state index contributed by atoms with van der Waals surface area (Å²) in [5, 5.41) is 0. The second-order valence-electron chi connectivity index (χ2n) is 5.84. The van der Waals surface area contributed by atoms with E-state index in [0.717, 1.165) is 12.6 Å². The Kier molecular flexibility index (Phi) is 5.26. The predicted octanol–water partition coefficient (Wildman–Crippen LogP) is 1.53. The van der Waals surface area contributed by atoms with E-state index in [0.29, 0.717) is 5.92 Å². The van der Waals surface area contributed by atoms with E-state index in [1.807, 2.05) is 0 Å².